The zero-order valence-electron chi connectivity index (χ0n) is 11.5. The summed E-state index contributed by atoms with van der Waals surface area (Å²) in [6, 6.07) is 0. The highest BCUT2D eigenvalue weighted by Gasteiger charge is 1.91. The molecule has 0 aromatic heterocycles. The molecule has 0 radical (unpaired) electrons. The Labute approximate surface area is 118 Å². The lowest BCUT2D eigenvalue weighted by Gasteiger charge is -2.02. The largest absolute Gasteiger partial charge is 0.313 e. The first kappa shape index (κ1) is 18.2. The van der Waals surface area contributed by atoms with E-state index in [2.05, 4.69) is 10.6 Å². The van der Waals surface area contributed by atoms with E-state index in [1.54, 1.807) is 0 Å². The van der Waals surface area contributed by atoms with Crippen molar-refractivity contribution in [1.82, 2.24) is 10.6 Å². The molecule has 0 aliphatic rings. The van der Waals surface area contributed by atoms with E-state index in [1.165, 1.54) is 12.2 Å². The van der Waals surface area contributed by atoms with E-state index < -0.39 is 9.85 Å². The van der Waals surface area contributed by atoms with Gasteiger partial charge in [-0.25, -0.2) is 0 Å². The van der Waals surface area contributed by atoms with Gasteiger partial charge in [0.05, 0.1) is 9.85 Å². The number of nitro groups is 2. The van der Waals surface area contributed by atoms with Gasteiger partial charge in [-0.05, 0) is 38.1 Å². The highest BCUT2D eigenvalue weighted by Crippen LogP contribution is 1.97. The summed E-state index contributed by atoms with van der Waals surface area (Å²) < 4.78 is 0. The van der Waals surface area contributed by atoms with Crippen molar-refractivity contribution in [1.29, 1.82) is 0 Å². The fraction of sp³-hybridized carbons (Fsp3) is 0.667. The molecule has 0 aliphatic carbocycles. The van der Waals surface area contributed by atoms with E-state index in [1.807, 2.05) is 0 Å². The van der Waals surface area contributed by atoms with Crippen LogP contribution in [0.4, 0.5) is 0 Å². The molecule has 0 atom stereocenters. The maximum atomic E-state index is 9.98. The molecule has 0 spiro atoms. The average molecular weight is 286 g/mol. The van der Waals surface area contributed by atoms with Gasteiger partial charge < -0.3 is 10.6 Å². The quantitative estimate of drug-likeness (QED) is 0.300. The lowest BCUT2D eigenvalue weighted by Crippen LogP contribution is -2.16. The third-order valence-corrected chi connectivity index (χ3v) is 2.44. The monoisotopic (exact) mass is 286 g/mol. The predicted molar refractivity (Wildman–Crippen MR) is 76.5 cm³/mol. The van der Waals surface area contributed by atoms with E-state index >= 15 is 0 Å². The van der Waals surface area contributed by atoms with Crippen LogP contribution in [0.25, 0.3) is 0 Å². The second-order valence-corrected chi connectivity index (χ2v) is 4.16. The zero-order valence-corrected chi connectivity index (χ0v) is 11.5. The predicted octanol–water partition coefficient (Wildman–Crippen LogP) is 1.31. The molecule has 20 heavy (non-hydrogen) atoms. The summed E-state index contributed by atoms with van der Waals surface area (Å²) >= 11 is 0. The van der Waals surface area contributed by atoms with E-state index in [-0.39, 0.29) is 0 Å². The summed E-state index contributed by atoms with van der Waals surface area (Å²) in [5, 5.41) is 26.1. The van der Waals surface area contributed by atoms with Crippen LogP contribution < -0.4 is 10.6 Å². The fourth-order valence-electron chi connectivity index (χ4n) is 1.50. The van der Waals surface area contributed by atoms with Gasteiger partial charge in [-0.3, -0.25) is 20.2 Å². The van der Waals surface area contributed by atoms with Crippen LogP contribution in [0.15, 0.2) is 24.6 Å². The Bertz CT molecular complexity index is 299. The Morgan fingerprint density at radius 3 is 1.50 bits per heavy atom. The number of nitrogens with one attached hydrogen (secondary N) is 2. The number of hydrogen-bond donors (Lipinski definition) is 2. The summed E-state index contributed by atoms with van der Waals surface area (Å²) in [6.07, 6.45) is 9.11. The first-order valence-electron chi connectivity index (χ1n) is 6.64. The summed E-state index contributed by atoms with van der Waals surface area (Å²) in [5.74, 6) is 0. The van der Waals surface area contributed by atoms with Crippen molar-refractivity contribution >= 4 is 0 Å². The molecule has 0 aromatic carbocycles. The van der Waals surface area contributed by atoms with Crippen molar-refractivity contribution in [2.75, 3.05) is 26.2 Å². The van der Waals surface area contributed by atoms with Crippen LogP contribution in [0, 0.1) is 20.2 Å². The molecule has 0 bridgehead atoms. The van der Waals surface area contributed by atoms with Gasteiger partial charge in [-0.2, -0.15) is 0 Å². The summed E-state index contributed by atoms with van der Waals surface area (Å²) in [7, 11) is 0. The molecule has 2 N–H and O–H groups in total. The molecule has 0 unspecified atom stereocenters. The van der Waals surface area contributed by atoms with E-state index in [0.29, 0.717) is 13.1 Å². The van der Waals surface area contributed by atoms with E-state index in [4.69, 9.17) is 0 Å². The molecular formula is C12H22N4O4. The molecule has 0 aliphatic heterocycles. The molecule has 0 saturated heterocycles. The van der Waals surface area contributed by atoms with Gasteiger partial charge in [0, 0.05) is 13.1 Å². The molecule has 114 valence electrons. The van der Waals surface area contributed by atoms with Gasteiger partial charge in [0.25, 0.3) is 0 Å². The zero-order chi connectivity index (χ0) is 15.1. The Hall–Kier alpha value is -1.80. The molecule has 0 amide bonds. The van der Waals surface area contributed by atoms with E-state index in [9.17, 15) is 20.2 Å². The molecule has 0 heterocycles. The fourth-order valence-corrected chi connectivity index (χ4v) is 1.50. The highest BCUT2D eigenvalue weighted by atomic mass is 16.6. The van der Waals surface area contributed by atoms with Crippen molar-refractivity contribution < 1.29 is 9.85 Å². The molecule has 0 aromatic rings. The van der Waals surface area contributed by atoms with Crippen LogP contribution in [0.1, 0.15) is 25.7 Å². The third-order valence-electron chi connectivity index (χ3n) is 2.44. The summed E-state index contributed by atoms with van der Waals surface area (Å²) in [4.78, 5) is 19.0. The van der Waals surface area contributed by atoms with Gasteiger partial charge in [-0.1, -0.05) is 12.8 Å². The second kappa shape index (κ2) is 13.6. The maximum absolute atomic E-state index is 9.98. The minimum Gasteiger partial charge on any atom is -0.313 e. The first-order valence-corrected chi connectivity index (χ1v) is 6.64. The number of nitrogens with zero attached hydrogens (tertiary/aromatic N) is 2. The van der Waals surface area contributed by atoms with Crippen molar-refractivity contribution in [3.63, 3.8) is 0 Å². The van der Waals surface area contributed by atoms with Crippen molar-refractivity contribution in [2.24, 2.45) is 0 Å². The Morgan fingerprint density at radius 2 is 1.15 bits per heavy atom. The number of hydrogen-bond acceptors (Lipinski definition) is 6. The van der Waals surface area contributed by atoms with Crippen molar-refractivity contribution in [3.8, 4) is 0 Å². The smallest absolute Gasteiger partial charge is 0.231 e. The first-order chi connectivity index (χ1) is 9.63. The molecule has 8 nitrogen and oxygen atoms in total. The lowest BCUT2D eigenvalue weighted by atomic mass is 10.2. The van der Waals surface area contributed by atoms with Crippen LogP contribution in [0.5, 0.6) is 0 Å². The molecule has 0 saturated carbocycles. The molecule has 0 fully saturated rings. The second-order valence-electron chi connectivity index (χ2n) is 4.16. The minimum absolute atomic E-state index is 0.477. The number of unbranched alkanes of at least 4 members (excludes halogenated alkanes) is 3. The molecule has 8 heteroatoms. The Morgan fingerprint density at radius 1 is 0.750 bits per heavy atom. The lowest BCUT2D eigenvalue weighted by molar-refractivity contribution is -0.402. The van der Waals surface area contributed by atoms with Gasteiger partial charge in [0.15, 0.2) is 0 Å². The van der Waals surface area contributed by atoms with Crippen LogP contribution >= 0.6 is 0 Å². The van der Waals surface area contributed by atoms with Crippen LogP contribution in [-0.4, -0.2) is 36.0 Å². The van der Waals surface area contributed by atoms with Gasteiger partial charge in [0.1, 0.15) is 0 Å². The molecule has 0 rings (SSSR count). The normalized spacial score (nSPS) is 11.4. The Balaban J connectivity index is 3.13. The standard InChI is InChI=1S/C12H22N4O4/c17-15(18)11-5-9-13-7-3-1-2-4-8-14-10-6-12-16(19)20/h5-6,11-14H,1-4,7-10H2. The minimum atomic E-state index is -0.477. The van der Waals surface area contributed by atoms with Crippen LogP contribution in [0.2, 0.25) is 0 Å². The highest BCUT2D eigenvalue weighted by molar-refractivity contribution is 4.75. The van der Waals surface area contributed by atoms with Crippen molar-refractivity contribution in [2.45, 2.75) is 25.7 Å². The van der Waals surface area contributed by atoms with Gasteiger partial charge in [-0.15, -0.1) is 0 Å². The SMILES string of the molecule is O=[N+]([O-])C=CCNCCCCCCNCC=C[N+](=O)[O-]. The van der Waals surface area contributed by atoms with E-state index in [0.717, 1.165) is 51.2 Å². The van der Waals surface area contributed by atoms with Crippen LogP contribution in [0.3, 0.4) is 0 Å². The Kier molecular flexibility index (Phi) is 12.4. The summed E-state index contributed by atoms with van der Waals surface area (Å²) in [6.45, 7) is 2.73. The van der Waals surface area contributed by atoms with Crippen LogP contribution in [-0.2, 0) is 0 Å². The van der Waals surface area contributed by atoms with Crippen molar-refractivity contribution in [3.05, 3.63) is 44.8 Å². The van der Waals surface area contributed by atoms with Gasteiger partial charge >= 0.3 is 0 Å². The van der Waals surface area contributed by atoms with Gasteiger partial charge in [0.2, 0.25) is 12.4 Å². The molecular weight excluding hydrogens is 264 g/mol. The summed E-state index contributed by atoms with van der Waals surface area (Å²) in [5.41, 5.74) is 0. The number of rotatable bonds is 13. The third kappa shape index (κ3) is 16.2. The topological polar surface area (TPSA) is 110 Å². The average Bonchev–Trinajstić information content (AvgIpc) is 2.38. The maximum Gasteiger partial charge on any atom is 0.231 e.